The first-order valence-corrected chi connectivity index (χ1v) is 14.2. The van der Waals surface area contributed by atoms with Crippen molar-refractivity contribution in [2.45, 2.75) is 56.8 Å². The SMILES string of the molecule is OC1C(OCc2ccccc2)C(OCc2ccccc2)C(OCc2ccccc2)C(COCc2ccccc2)C1(F)F. The zero-order valence-electron chi connectivity index (χ0n) is 23.3. The maximum atomic E-state index is 16.1. The summed E-state index contributed by atoms with van der Waals surface area (Å²) in [6.45, 7) is 0.0685. The molecule has 4 aromatic carbocycles. The van der Waals surface area contributed by atoms with Gasteiger partial charge in [-0.3, -0.25) is 0 Å². The van der Waals surface area contributed by atoms with Gasteiger partial charge in [-0.25, -0.2) is 8.78 Å². The summed E-state index contributed by atoms with van der Waals surface area (Å²) in [6.07, 6.45) is -5.62. The molecule has 1 N–H and O–H groups in total. The third-order valence-electron chi connectivity index (χ3n) is 7.51. The van der Waals surface area contributed by atoms with Crippen LogP contribution >= 0.6 is 0 Å². The van der Waals surface area contributed by atoms with Gasteiger partial charge in [-0.2, -0.15) is 0 Å². The van der Waals surface area contributed by atoms with Crippen molar-refractivity contribution in [3.63, 3.8) is 0 Å². The van der Waals surface area contributed by atoms with Crippen molar-refractivity contribution >= 4 is 0 Å². The number of hydrogen-bond acceptors (Lipinski definition) is 5. The summed E-state index contributed by atoms with van der Waals surface area (Å²) < 4.78 is 56.7. The molecular weight excluding hydrogens is 538 g/mol. The zero-order valence-corrected chi connectivity index (χ0v) is 23.3. The number of benzene rings is 4. The Bertz CT molecular complexity index is 1320. The number of ether oxygens (including phenoxy) is 4. The average Bonchev–Trinajstić information content (AvgIpc) is 3.03. The van der Waals surface area contributed by atoms with Crippen molar-refractivity contribution in [3.05, 3.63) is 144 Å². The normalized spacial score (nSPS) is 23.5. The molecule has 1 aliphatic rings. The third kappa shape index (κ3) is 7.68. The van der Waals surface area contributed by atoms with Gasteiger partial charge in [0.1, 0.15) is 18.3 Å². The van der Waals surface area contributed by atoms with Gasteiger partial charge in [0, 0.05) is 0 Å². The molecule has 5 rings (SSSR count). The summed E-state index contributed by atoms with van der Waals surface area (Å²) in [5.41, 5.74) is 3.36. The fourth-order valence-electron chi connectivity index (χ4n) is 5.22. The van der Waals surface area contributed by atoms with Crippen molar-refractivity contribution in [1.29, 1.82) is 0 Å². The van der Waals surface area contributed by atoms with Crippen LogP contribution in [-0.2, 0) is 45.4 Å². The van der Waals surface area contributed by atoms with E-state index >= 15 is 8.78 Å². The Morgan fingerprint density at radius 1 is 0.500 bits per heavy atom. The topological polar surface area (TPSA) is 57.2 Å². The van der Waals surface area contributed by atoms with Crippen LogP contribution < -0.4 is 0 Å². The minimum Gasteiger partial charge on any atom is -0.384 e. The summed E-state index contributed by atoms with van der Waals surface area (Å²) in [5.74, 6) is -5.07. The first-order valence-electron chi connectivity index (χ1n) is 14.2. The minimum absolute atomic E-state index is 0.0322. The van der Waals surface area contributed by atoms with Gasteiger partial charge in [0.05, 0.1) is 45.1 Å². The van der Waals surface area contributed by atoms with Crippen molar-refractivity contribution in [2.75, 3.05) is 6.61 Å². The fourth-order valence-corrected chi connectivity index (χ4v) is 5.22. The lowest BCUT2D eigenvalue weighted by Gasteiger charge is -2.48. The lowest BCUT2D eigenvalue weighted by atomic mass is 9.77. The average molecular weight is 575 g/mol. The standard InChI is InChI=1S/C35H36F2O5/c36-35(37)30(25-39-21-26-13-5-1-6-14-26)31(40-22-27-15-7-2-8-16-27)32(41-23-28-17-9-3-10-18-28)33(34(35)38)42-24-29-19-11-4-12-20-29/h1-20,30-34,38H,21-25H2. The molecular formula is C35H36F2O5. The van der Waals surface area contributed by atoms with E-state index in [1.165, 1.54) is 0 Å². The smallest absolute Gasteiger partial charge is 0.283 e. The van der Waals surface area contributed by atoms with Crippen molar-refractivity contribution in [3.8, 4) is 0 Å². The molecule has 0 aliphatic heterocycles. The van der Waals surface area contributed by atoms with E-state index in [1.807, 2.05) is 121 Å². The fraction of sp³-hybridized carbons (Fsp3) is 0.314. The number of aliphatic hydroxyl groups excluding tert-OH is 1. The van der Waals surface area contributed by atoms with Crippen LogP contribution in [-0.4, -0.2) is 42.1 Å². The van der Waals surface area contributed by atoms with E-state index in [4.69, 9.17) is 18.9 Å². The van der Waals surface area contributed by atoms with E-state index in [-0.39, 0.29) is 33.0 Å². The summed E-state index contributed by atoms with van der Waals surface area (Å²) in [7, 11) is 0. The highest BCUT2D eigenvalue weighted by Crippen LogP contribution is 2.44. The second-order valence-electron chi connectivity index (χ2n) is 10.5. The molecule has 0 amide bonds. The predicted molar refractivity (Wildman–Crippen MR) is 156 cm³/mol. The molecule has 1 aliphatic carbocycles. The van der Waals surface area contributed by atoms with E-state index in [9.17, 15) is 5.11 Å². The van der Waals surface area contributed by atoms with Gasteiger partial charge < -0.3 is 24.1 Å². The Kier molecular flexibility index (Phi) is 10.5. The number of alkyl halides is 2. The highest BCUT2D eigenvalue weighted by atomic mass is 19.3. The summed E-state index contributed by atoms with van der Waals surface area (Å²) in [5, 5.41) is 11.2. The molecule has 1 fully saturated rings. The molecule has 0 saturated heterocycles. The molecule has 220 valence electrons. The molecule has 5 unspecified atom stereocenters. The Morgan fingerprint density at radius 2 is 0.857 bits per heavy atom. The maximum Gasteiger partial charge on any atom is 0.283 e. The first-order chi connectivity index (χ1) is 20.5. The molecule has 0 radical (unpaired) electrons. The summed E-state index contributed by atoms with van der Waals surface area (Å²) >= 11 is 0. The van der Waals surface area contributed by atoms with E-state index in [0.29, 0.717) is 0 Å². The van der Waals surface area contributed by atoms with Gasteiger partial charge in [-0.05, 0) is 22.3 Å². The van der Waals surface area contributed by atoms with Crippen molar-refractivity contribution in [1.82, 2.24) is 0 Å². The molecule has 0 heterocycles. The molecule has 0 aromatic heterocycles. The first kappa shape index (κ1) is 30.0. The second kappa shape index (κ2) is 14.6. The van der Waals surface area contributed by atoms with Crippen LogP contribution in [0.4, 0.5) is 8.78 Å². The number of halogens is 2. The van der Waals surface area contributed by atoms with Crippen LogP contribution in [0.3, 0.4) is 0 Å². The Balaban J connectivity index is 1.43. The quantitative estimate of drug-likeness (QED) is 0.195. The van der Waals surface area contributed by atoms with Crippen molar-refractivity contribution in [2.24, 2.45) is 5.92 Å². The van der Waals surface area contributed by atoms with Crippen molar-refractivity contribution < 1.29 is 32.8 Å². The summed E-state index contributed by atoms with van der Waals surface area (Å²) in [6, 6.07) is 37.4. The molecule has 1 saturated carbocycles. The van der Waals surface area contributed by atoms with Gasteiger partial charge in [0.2, 0.25) is 0 Å². The van der Waals surface area contributed by atoms with Crippen LogP contribution in [0.2, 0.25) is 0 Å². The Labute approximate surface area is 245 Å². The van der Waals surface area contributed by atoms with Crippen LogP contribution in [0.25, 0.3) is 0 Å². The van der Waals surface area contributed by atoms with E-state index < -0.39 is 36.3 Å². The van der Waals surface area contributed by atoms with Crippen LogP contribution in [0, 0.1) is 5.92 Å². The van der Waals surface area contributed by atoms with Crippen LogP contribution in [0.5, 0.6) is 0 Å². The molecule has 4 aromatic rings. The largest absolute Gasteiger partial charge is 0.384 e. The van der Waals surface area contributed by atoms with Gasteiger partial charge in [-0.15, -0.1) is 0 Å². The highest BCUT2D eigenvalue weighted by molar-refractivity contribution is 5.17. The molecule has 5 nitrogen and oxygen atoms in total. The number of rotatable bonds is 13. The summed E-state index contributed by atoms with van der Waals surface area (Å²) in [4.78, 5) is 0. The Morgan fingerprint density at radius 3 is 1.29 bits per heavy atom. The van der Waals surface area contributed by atoms with Gasteiger partial charge in [0.15, 0.2) is 0 Å². The van der Waals surface area contributed by atoms with Gasteiger partial charge in [-0.1, -0.05) is 121 Å². The number of hydrogen-bond donors (Lipinski definition) is 1. The molecule has 0 bridgehead atoms. The monoisotopic (exact) mass is 574 g/mol. The van der Waals surface area contributed by atoms with Crippen LogP contribution in [0.1, 0.15) is 22.3 Å². The predicted octanol–water partition coefficient (Wildman–Crippen LogP) is 6.59. The minimum atomic E-state index is -3.58. The zero-order chi connectivity index (χ0) is 29.2. The van der Waals surface area contributed by atoms with E-state index in [1.54, 1.807) is 0 Å². The highest BCUT2D eigenvalue weighted by Gasteiger charge is 2.62. The lowest BCUT2D eigenvalue weighted by Crippen LogP contribution is -2.67. The van der Waals surface area contributed by atoms with Gasteiger partial charge >= 0.3 is 0 Å². The molecule has 42 heavy (non-hydrogen) atoms. The van der Waals surface area contributed by atoms with E-state index in [0.717, 1.165) is 22.3 Å². The molecule has 0 spiro atoms. The second-order valence-corrected chi connectivity index (χ2v) is 10.5. The number of aliphatic hydroxyl groups is 1. The Hall–Kier alpha value is -3.46. The van der Waals surface area contributed by atoms with Crippen LogP contribution in [0.15, 0.2) is 121 Å². The lowest BCUT2D eigenvalue weighted by molar-refractivity contribution is -0.303. The molecule has 5 atom stereocenters. The maximum absolute atomic E-state index is 16.1. The van der Waals surface area contributed by atoms with E-state index in [2.05, 4.69) is 0 Å². The molecule has 7 heteroatoms. The van der Waals surface area contributed by atoms with Gasteiger partial charge in [0.25, 0.3) is 5.92 Å². The third-order valence-corrected chi connectivity index (χ3v) is 7.51.